The number of carbonyl (C=O) groups is 2. The maximum absolute atomic E-state index is 13.4. The van der Waals surface area contributed by atoms with Gasteiger partial charge < -0.3 is 5.32 Å². The average Bonchev–Trinajstić information content (AvgIpc) is 3.16. The van der Waals surface area contributed by atoms with Gasteiger partial charge in [0.25, 0.3) is 0 Å². The van der Waals surface area contributed by atoms with Crippen LogP contribution in [-0.4, -0.2) is 11.7 Å². The molecule has 0 aromatic heterocycles. The van der Waals surface area contributed by atoms with Gasteiger partial charge in [0, 0.05) is 18.0 Å². The van der Waals surface area contributed by atoms with Crippen molar-refractivity contribution >= 4 is 17.4 Å². The fraction of sp³-hybridized carbons (Fsp3) is 0.655. The molecule has 0 spiro atoms. The molecular formula is C29H36F3NO2. The summed E-state index contributed by atoms with van der Waals surface area (Å²) in [6.07, 6.45) is 5.20. The molecule has 190 valence electrons. The predicted molar refractivity (Wildman–Crippen MR) is 129 cm³/mol. The van der Waals surface area contributed by atoms with Gasteiger partial charge in [-0.25, -0.2) is 0 Å². The molecule has 3 nitrogen and oxygen atoms in total. The molecule has 6 heteroatoms. The summed E-state index contributed by atoms with van der Waals surface area (Å²) in [5.74, 6) is 2.09. The van der Waals surface area contributed by atoms with Crippen LogP contribution in [0.15, 0.2) is 35.9 Å². The summed E-state index contributed by atoms with van der Waals surface area (Å²) in [5, 5.41) is 2.92. The number of benzene rings is 1. The third-order valence-electron chi connectivity index (χ3n) is 10.4. The maximum Gasteiger partial charge on any atom is 0.416 e. The Balaban J connectivity index is 1.36. The normalized spacial score (nSPS) is 38.7. The Morgan fingerprint density at radius 1 is 1.06 bits per heavy atom. The second-order valence-corrected chi connectivity index (χ2v) is 11.9. The van der Waals surface area contributed by atoms with E-state index in [4.69, 9.17) is 0 Å². The lowest BCUT2D eigenvalue weighted by Gasteiger charge is -2.59. The lowest BCUT2D eigenvalue weighted by atomic mass is 9.45. The van der Waals surface area contributed by atoms with E-state index in [0.717, 1.165) is 57.1 Å². The first-order chi connectivity index (χ1) is 16.5. The van der Waals surface area contributed by atoms with Crippen LogP contribution in [0.5, 0.6) is 0 Å². The zero-order valence-corrected chi connectivity index (χ0v) is 20.9. The molecule has 5 rings (SSSR count). The molecule has 0 saturated heterocycles. The molecule has 1 aromatic rings. The summed E-state index contributed by atoms with van der Waals surface area (Å²) >= 11 is 0. The lowest BCUT2D eigenvalue weighted by molar-refractivity contribution is -0.137. The van der Waals surface area contributed by atoms with Gasteiger partial charge in [0.1, 0.15) is 0 Å². The topological polar surface area (TPSA) is 46.2 Å². The SMILES string of the molecule is CC[C@H]1CC2C(CC[C@@]3(C)C2CC[C@@H]3C(=O)Nc2ccc(C(F)(F)F)cc2)[C@@]2(C)CCC(=O)C=C12. The van der Waals surface area contributed by atoms with Gasteiger partial charge in [0.15, 0.2) is 5.78 Å². The molecular weight excluding hydrogens is 451 g/mol. The summed E-state index contributed by atoms with van der Waals surface area (Å²) in [7, 11) is 0. The van der Waals surface area contributed by atoms with Gasteiger partial charge in [-0.1, -0.05) is 26.3 Å². The molecule has 3 fully saturated rings. The van der Waals surface area contributed by atoms with Crippen molar-refractivity contribution in [1.82, 2.24) is 0 Å². The number of ketones is 1. The van der Waals surface area contributed by atoms with Crippen molar-refractivity contribution in [3.05, 3.63) is 41.5 Å². The van der Waals surface area contributed by atoms with Crippen LogP contribution in [0.1, 0.15) is 77.7 Å². The van der Waals surface area contributed by atoms with Gasteiger partial charge in [0.05, 0.1) is 5.56 Å². The number of hydrogen-bond acceptors (Lipinski definition) is 2. The molecule has 3 unspecified atom stereocenters. The summed E-state index contributed by atoms with van der Waals surface area (Å²) in [5.41, 5.74) is 1.07. The van der Waals surface area contributed by atoms with Crippen molar-refractivity contribution in [1.29, 1.82) is 0 Å². The van der Waals surface area contributed by atoms with Crippen molar-refractivity contribution in [3.63, 3.8) is 0 Å². The van der Waals surface area contributed by atoms with Crippen LogP contribution < -0.4 is 5.32 Å². The number of carbonyl (C=O) groups excluding carboxylic acids is 2. The fourth-order valence-corrected chi connectivity index (χ4v) is 8.57. The van der Waals surface area contributed by atoms with Crippen LogP contribution in [-0.2, 0) is 15.8 Å². The number of fused-ring (bicyclic) bond motifs is 5. The van der Waals surface area contributed by atoms with Crippen LogP contribution in [0.4, 0.5) is 18.9 Å². The van der Waals surface area contributed by atoms with Gasteiger partial charge >= 0.3 is 6.18 Å². The molecule has 4 aliphatic rings. The van der Waals surface area contributed by atoms with E-state index in [9.17, 15) is 22.8 Å². The maximum atomic E-state index is 13.4. The van der Waals surface area contributed by atoms with E-state index in [0.29, 0.717) is 35.8 Å². The number of alkyl halides is 3. The Kier molecular flexibility index (Phi) is 5.96. The van der Waals surface area contributed by atoms with E-state index >= 15 is 0 Å². The second-order valence-electron chi connectivity index (χ2n) is 11.9. The van der Waals surface area contributed by atoms with Crippen LogP contribution in [0.3, 0.4) is 0 Å². The van der Waals surface area contributed by atoms with Crippen molar-refractivity contribution in [3.8, 4) is 0 Å². The molecule has 4 aliphatic carbocycles. The van der Waals surface area contributed by atoms with Gasteiger partial charge in [-0.15, -0.1) is 0 Å². The molecule has 35 heavy (non-hydrogen) atoms. The molecule has 1 N–H and O–H groups in total. The molecule has 7 atom stereocenters. The van der Waals surface area contributed by atoms with E-state index in [1.807, 2.05) is 6.08 Å². The predicted octanol–water partition coefficient (Wildman–Crippen LogP) is 7.43. The zero-order chi connectivity index (χ0) is 25.2. The Labute approximate surface area is 205 Å². The Bertz CT molecular complexity index is 1050. The fourth-order valence-electron chi connectivity index (χ4n) is 8.57. The Hall–Kier alpha value is -2.11. The van der Waals surface area contributed by atoms with E-state index in [1.54, 1.807) is 0 Å². The van der Waals surface area contributed by atoms with E-state index in [1.165, 1.54) is 17.7 Å². The van der Waals surface area contributed by atoms with Crippen molar-refractivity contribution in [2.24, 2.45) is 40.4 Å². The number of hydrogen-bond donors (Lipinski definition) is 1. The number of halogens is 3. The lowest BCUT2D eigenvalue weighted by Crippen LogP contribution is -2.53. The van der Waals surface area contributed by atoms with Gasteiger partial charge in [-0.05, 0) is 110 Å². The van der Waals surface area contributed by atoms with Crippen molar-refractivity contribution in [2.45, 2.75) is 78.3 Å². The van der Waals surface area contributed by atoms with Crippen LogP contribution >= 0.6 is 0 Å². The van der Waals surface area contributed by atoms with E-state index in [-0.39, 0.29) is 28.4 Å². The summed E-state index contributed by atoms with van der Waals surface area (Å²) in [4.78, 5) is 25.7. The molecule has 0 radical (unpaired) electrons. The van der Waals surface area contributed by atoms with Gasteiger partial charge in [-0.3, -0.25) is 9.59 Å². The standard InChI is InChI=1S/C29H36F3NO2/c1-4-17-15-21-22-9-10-24(26(35)33-19-7-5-18(6-8-19)29(30,31)32)27(22,2)14-12-23(21)28(3)13-11-20(34)16-25(17)28/h5-8,16-17,21-24H,4,9-15H2,1-3H3,(H,33,35)/t17-,21?,22?,23?,24+,27-,28+/m0/s1. The van der Waals surface area contributed by atoms with E-state index < -0.39 is 11.7 Å². The minimum absolute atomic E-state index is 0.0638. The van der Waals surface area contributed by atoms with Crippen LogP contribution in [0.2, 0.25) is 0 Å². The average molecular weight is 488 g/mol. The molecule has 1 aromatic carbocycles. The molecule has 0 aliphatic heterocycles. The summed E-state index contributed by atoms with van der Waals surface area (Å²) in [6.45, 7) is 6.89. The largest absolute Gasteiger partial charge is 0.416 e. The van der Waals surface area contributed by atoms with Gasteiger partial charge in [0.2, 0.25) is 5.91 Å². The molecule has 1 amide bonds. The number of rotatable bonds is 3. The van der Waals surface area contributed by atoms with Crippen molar-refractivity contribution < 1.29 is 22.8 Å². The second kappa shape index (κ2) is 8.48. The first-order valence-corrected chi connectivity index (χ1v) is 13.2. The summed E-state index contributed by atoms with van der Waals surface area (Å²) < 4.78 is 38.7. The smallest absolute Gasteiger partial charge is 0.326 e. The minimum atomic E-state index is -4.39. The first kappa shape index (κ1) is 24.6. The highest BCUT2D eigenvalue weighted by atomic mass is 19.4. The van der Waals surface area contributed by atoms with Crippen molar-refractivity contribution in [2.75, 3.05) is 5.32 Å². The highest BCUT2D eigenvalue weighted by Crippen LogP contribution is 2.67. The third-order valence-corrected chi connectivity index (χ3v) is 10.4. The number of allylic oxidation sites excluding steroid dienone is 1. The highest BCUT2D eigenvalue weighted by molar-refractivity contribution is 5.93. The van der Waals surface area contributed by atoms with Gasteiger partial charge in [-0.2, -0.15) is 13.2 Å². The monoisotopic (exact) mass is 487 g/mol. The summed E-state index contributed by atoms with van der Waals surface area (Å²) in [6, 6.07) is 4.73. The number of amides is 1. The van der Waals surface area contributed by atoms with Crippen LogP contribution in [0, 0.1) is 40.4 Å². The third kappa shape index (κ3) is 3.95. The highest BCUT2D eigenvalue weighted by Gasteiger charge is 2.61. The number of anilines is 1. The zero-order valence-electron chi connectivity index (χ0n) is 20.9. The van der Waals surface area contributed by atoms with E-state index in [2.05, 4.69) is 26.1 Å². The molecule has 0 heterocycles. The molecule has 0 bridgehead atoms. The number of nitrogens with one attached hydrogen (secondary N) is 1. The Morgan fingerprint density at radius 3 is 2.43 bits per heavy atom. The molecule has 3 saturated carbocycles. The minimum Gasteiger partial charge on any atom is -0.326 e. The quantitative estimate of drug-likeness (QED) is 0.482. The van der Waals surface area contributed by atoms with Crippen LogP contribution in [0.25, 0.3) is 0 Å². The Morgan fingerprint density at radius 2 is 1.77 bits per heavy atom. The first-order valence-electron chi connectivity index (χ1n) is 13.2.